The van der Waals surface area contributed by atoms with E-state index in [9.17, 15) is 8.42 Å². The number of hydrogen-bond donors (Lipinski definition) is 4. The van der Waals surface area contributed by atoms with Crippen molar-refractivity contribution in [2.45, 2.75) is 6.23 Å². The van der Waals surface area contributed by atoms with E-state index in [1.165, 1.54) is 0 Å². The molecule has 0 aromatic carbocycles. The highest BCUT2D eigenvalue weighted by Crippen LogP contribution is 1.85. The summed E-state index contributed by atoms with van der Waals surface area (Å²) in [5.74, 6) is 0. The molecule has 1 atom stereocenters. The highest BCUT2D eigenvalue weighted by molar-refractivity contribution is 7.86. The van der Waals surface area contributed by atoms with Gasteiger partial charge in [0.15, 0.2) is 0 Å². The van der Waals surface area contributed by atoms with Crippen molar-refractivity contribution in [2.75, 3.05) is 19.8 Å². The summed E-state index contributed by atoms with van der Waals surface area (Å²) in [6, 6.07) is 0. The minimum Gasteiger partial charge on any atom is -0.376 e. The van der Waals surface area contributed by atoms with Gasteiger partial charge in [-0.1, -0.05) is 0 Å². The number of aliphatic hydroxyl groups excluding tert-OH is 1. The minimum absolute atomic E-state index is 0.431. The van der Waals surface area contributed by atoms with E-state index in [2.05, 4.69) is 15.6 Å². The molecule has 1 saturated heterocycles. The Morgan fingerprint density at radius 2 is 2.00 bits per heavy atom. The molecular formula is C4H13N3O4S. The number of aliphatic hydroxyl groups is 1. The summed E-state index contributed by atoms with van der Waals surface area (Å²) in [6.07, 6.45) is -0.436. The van der Waals surface area contributed by atoms with Crippen LogP contribution >= 0.6 is 0 Å². The summed E-state index contributed by atoms with van der Waals surface area (Å²) in [4.78, 5) is 0. The zero-order valence-electron chi connectivity index (χ0n) is 6.43. The van der Waals surface area contributed by atoms with Crippen LogP contribution in [-0.2, 0) is 14.9 Å². The summed E-state index contributed by atoms with van der Waals surface area (Å²) in [6.45, 7) is 1.91. The van der Waals surface area contributed by atoms with Crippen LogP contribution in [0.3, 0.4) is 0 Å². The van der Waals surface area contributed by atoms with Crippen molar-refractivity contribution in [3.05, 3.63) is 0 Å². The van der Waals surface area contributed by atoms with Gasteiger partial charge in [-0.25, -0.2) is 10.3 Å². The van der Waals surface area contributed by atoms with Crippen molar-refractivity contribution in [2.24, 2.45) is 10.3 Å². The Balaban J connectivity index is 0.000000217. The van der Waals surface area contributed by atoms with Crippen molar-refractivity contribution in [1.29, 1.82) is 0 Å². The first-order chi connectivity index (χ1) is 5.39. The average molecular weight is 199 g/mol. The monoisotopic (exact) mass is 199 g/mol. The van der Waals surface area contributed by atoms with Gasteiger partial charge in [0.25, 0.3) is 10.2 Å². The van der Waals surface area contributed by atoms with Crippen LogP contribution in [0, 0.1) is 0 Å². The summed E-state index contributed by atoms with van der Waals surface area (Å²) in [5.41, 5.74) is 0. The molecular weight excluding hydrogens is 186 g/mol. The van der Waals surface area contributed by atoms with Gasteiger partial charge in [-0.15, -0.1) is 0 Å². The number of rotatable bonds is 0. The Morgan fingerprint density at radius 1 is 1.50 bits per heavy atom. The molecule has 0 aromatic rings. The van der Waals surface area contributed by atoms with Crippen LogP contribution in [0.1, 0.15) is 0 Å². The largest absolute Gasteiger partial charge is 0.376 e. The quantitative estimate of drug-likeness (QED) is 0.332. The Bertz CT molecular complexity index is 190. The van der Waals surface area contributed by atoms with Gasteiger partial charge in [0.2, 0.25) is 0 Å². The van der Waals surface area contributed by atoms with Crippen LogP contribution in [0.4, 0.5) is 0 Å². The van der Waals surface area contributed by atoms with E-state index in [0.29, 0.717) is 6.61 Å². The molecule has 74 valence electrons. The van der Waals surface area contributed by atoms with E-state index in [4.69, 9.17) is 9.84 Å². The maximum atomic E-state index is 9.19. The Kier molecular flexibility index (Phi) is 5.29. The lowest BCUT2D eigenvalue weighted by molar-refractivity contribution is -0.0161. The maximum Gasteiger partial charge on any atom is 0.271 e. The lowest BCUT2D eigenvalue weighted by Crippen LogP contribution is -2.40. The molecule has 0 amide bonds. The number of ether oxygens (including phenoxy) is 1. The van der Waals surface area contributed by atoms with E-state index in [1.54, 1.807) is 0 Å². The highest BCUT2D eigenvalue weighted by atomic mass is 32.2. The second-order valence-electron chi connectivity index (χ2n) is 2.13. The number of nitrogens with one attached hydrogen (secondary N) is 1. The Labute approximate surface area is 70.9 Å². The number of nitrogens with two attached hydrogens (primary N) is 2. The van der Waals surface area contributed by atoms with E-state index in [-0.39, 0.29) is 0 Å². The first-order valence-corrected chi connectivity index (χ1v) is 4.80. The molecule has 8 heteroatoms. The zero-order valence-corrected chi connectivity index (χ0v) is 7.25. The average Bonchev–Trinajstić information content (AvgIpc) is 1.85. The van der Waals surface area contributed by atoms with Crippen molar-refractivity contribution < 1.29 is 18.3 Å². The van der Waals surface area contributed by atoms with Crippen LogP contribution in [0.2, 0.25) is 0 Å². The molecule has 0 bridgehead atoms. The molecule has 1 aliphatic rings. The highest BCUT2D eigenvalue weighted by Gasteiger charge is 2.06. The second-order valence-corrected chi connectivity index (χ2v) is 3.31. The predicted octanol–water partition coefficient (Wildman–Crippen LogP) is -2.93. The zero-order chi connectivity index (χ0) is 9.61. The molecule has 1 heterocycles. The fourth-order valence-electron chi connectivity index (χ4n) is 0.552. The van der Waals surface area contributed by atoms with E-state index in [1.807, 2.05) is 0 Å². The summed E-state index contributed by atoms with van der Waals surface area (Å²) in [7, 11) is -3.67. The van der Waals surface area contributed by atoms with Crippen LogP contribution < -0.4 is 15.6 Å². The Hall–Kier alpha value is -0.250. The minimum atomic E-state index is -3.67. The fraction of sp³-hybridized carbons (Fsp3) is 1.00. The van der Waals surface area contributed by atoms with Gasteiger partial charge >= 0.3 is 0 Å². The van der Waals surface area contributed by atoms with E-state index in [0.717, 1.165) is 13.2 Å². The van der Waals surface area contributed by atoms with E-state index >= 15 is 0 Å². The van der Waals surface area contributed by atoms with Crippen LogP contribution in [0.25, 0.3) is 0 Å². The van der Waals surface area contributed by atoms with Crippen molar-refractivity contribution >= 4 is 10.2 Å². The fourth-order valence-corrected chi connectivity index (χ4v) is 0.552. The van der Waals surface area contributed by atoms with Gasteiger partial charge in [-0.2, -0.15) is 8.42 Å². The smallest absolute Gasteiger partial charge is 0.271 e. The SMILES string of the molecule is NS(N)(=O)=O.OC1COCCN1. The summed E-state index contributed by atoms with van der Waals surface area (Å²) in [5, 5.41) is 19.7. The lowest BCUT2D eigenvalue weighted by atomic mass is 10.5. The number of morpholine rings is 1. The topological polar surface area (TPSA) is 128 Å². The summed E-state index contributed by atoms with van der Waals surface area (Å²) >= 11 is 0. The van der Waals surface area contributed by atoms with Crippen molar-refractivity contribution in [3.63, 3.8) is 0 Å². The molecule has 6 N–H and O–H groups in total. The molecule has 0 spiro atoms. The van der Waals surface area contributed by atoms with Gasteiger partial charge in [-0.3, -0.25) is 5.32 Å². The molecule has 7 nitrogen and oxygen atoms in total. The van der Waals surface area contributed by atoms with Crippen molar-refractivity contribution in [3.8, 4) is 0 Å². The standard InChI is InChI=1S/C4H9NO2.H4N2O2S/c6-4-3-7-2-1-5-4;1-5(2,3)4/h4-6H,1-3H2;(H4,1,2,3,4). The third-order valence-corrected chi connectivity index (χ3v) is 0.902. The molecule has 1 unspecified atom stereocenters. The van der Waals surface area contributed by atoms with Crippen LogP contribution in [-0.4, -0.2) is 39.5 Å². The van der Waals surface area contributed by atoms with Crippen molar-refractivity contribution in [1.82, 2.24) is 5.32 Å². The molecule has 12 heavy (non-hydrogen) atoms. The molecule has 0 aromatic heterocycles. The van der Waals surface area contributed by atoms with Gasteiger partial charge in [-0.05, 0) is 0 Å². The van der Waals surface area contributed by atoms with Gasteiger partial charge in [0.05, 0.1) is 13.2 Å². The summed E-state index contributed by atoms with van der Waals surface area (Å²) < 4.78 is 23.2. The second kappa shape index (κ2) is 5.41. The molecule has 0 saturated carbocycles. The lowest BCUT2D eigenvalue weighted by Gasteiger charge is -2.17. The first kappa shape index (κ1) is 11.8. The Morgan fingerprint density at radius 3 is 2.17 bits per heavy atom. The predicted molar refractivity (Wildman–Crippen MR) is 42.1 cm³/mol. The molecule has 1 aliphatic heterocycles. The van der Waals surface area contributed by atoms with E-state index < -0.39 is 16.4 Å². The first-order valence-electron chi connectivity index (χ1n) is 3.19. The molecule has 0 aliphatic carbocycles. The van der Waals surface area contributed by atoms with Crippen LogP contribution in [0.15, 0.2) is 0 Å². The number of hydrogen-bond acceptors (Lipinski definition) is 5. The van der Waals surface area contributed by atoms with Gasteiger partial charge in [0, 0.05) is 6.54 Å². The molecule has 1 rings (SSSR count). The molecule has 1 fully saturated rings. The normalized spacial score (nSPS) is 24.1. The van der Waals surface area contributed by atoms with Crippen LogP contribution in [0.5, 0.6) is 0 Å². The third-order valence-electron chi connectivity index (χ3n) is 0.902. The maximum absolute atomic E-state index is 9.19. The van der Waals surface area contributed by atoms with Gasteiger partial charge < -0.3 is 9.84 Å². The van der Waals surface area contributed by atoms with Gasteiger partial charge in [0.1, 0.15) is 6.23 Å². The third kappa shape index (κ3) is 12.4. The molecule has 0 radical (unpaired) electrons.